The Hall–Kier alpha value is -1.52. The van der Waals surface area contributed by atoms with E-state index in [2.05, 4.69) is 18.8 Å². The molecule has 0 aliphatic rings. The molecule has 4 heteroatoms. The van der Waals surface area contributed by atoms with Crippen molar-refractivity contribution in [1.29, 1.82) is 0 Å². The van der Waals surface area contributed by atoms with Crippen LogP contribution in [0.15, 0.2) is 30.4 Å². The maximum absolute atomic E-state index is 5.73. The zero-order chi connectivity index (χ0) is 15.7. The second kappa shape index (κ2) is 9.42. The summed E-state index contributed by atoms with van der Waals surface area (Å²) >= 11 is 0. The lowest BCUT2D eigenvalue weighted by atomic mass is 10.1. The molecule has 0 amide bonds. The minimum Gasteiger partial charge on any atom is -0.493 e. The Balaban J connectivity index is 2.62. The Labute approximate surface area is 128 Å². The molecule has 1 unspecified atom stereocenters. The van der Waals surface area contributed by atoms with Crippen molar-refractivity contribution in [3.05, 3.63) is 35.9 Å². The molecule has 0 heterocycles. The maximum Gasteiger partial charge on any atom is 0.161 e. The van der Waals surface area contributed by atoms with Gasteiger partial charge in [-0.25, -0.2) is 0 Å². The Bertz CT molecular complexity index is 446. The highest BCUT2D eigenvalue weighted by molar-refractivity contribution is 5.43. The number of hydrogen-bond donors (Lipinski definition) is 1. The van der Waals surface area contributed by atoms with Crippen molar-refractivity contribution in [2.45, 2.75) is 32.9 Å². The molecule has 0 saturated heterocycles. The van der Waals surface area contributed by atoms with Crippen LogP contribution in [0.5, 0.6) is 11.5 Å². The van der Waals surface area contributed by atoms with Gasteiger partial charge in [0.25, 0.3) is 0 Å². The molecule has 0 fully saturated rings. The van der Waals surface area contributed by atoms with Gasteiger partial charge in [0.05, 0.1) is 7.11 Å². The molecule has 0 aliphatic carbocycles. The number of benzene rings is 1. The van der Waals surface area contributed by atoms with E-state index in [0.717, 1.165) is 42.2 Å². The van der Waals surface area contributed by atoms with Crippen molar-refractivity contribution in [3.63, 3.8) is 0 Å². The van der Waals surface area contributed by atoms with Crippen molar-refractivity contribution in [3.8, 4) is 11.5 Å². The van der Waals surface area contributed by atoms with Crippen molar-refractivity contribution in [2.75, 3.05) is 27.4 Å². The van der Waals surface area contributed by atoms with Crippen LogP contribution in [0.4, 0.5) is 0 Å². The van der Waals surface area contributed by atoms with Crippen LogP contribution in [0, 0.1) is 0 Å². The Morgan fingerprint density at radius 3 is 2.67 bits per heavy atom. The molecular weight excluding hydrogens is 266 g/mol. The van der Waals surface area contributed by atoms with E-state index in [1.807, 2.05) is 25.1 Å². The fraction of sp³-hybridized carbons (Fsp3) is 0.529. The van der Waals surface area contributed by atoms with Crippen LogP contribution in [0.25, 0.3) is 0 Å². The first-order valence-corrected chi connectivity index (χ1v) is 7.23. The summed E-state index contributed by atoms with van der Waals surface area (Å²) in [5, 5.41) is 3.47. The lowest BCUT2D eigenvalue weighted by Gasteiger charge is -2.15. The molecular formula is C17H27NO3. The average molecular weight is 293 g/mol. The van der Waals surface area contributed by atoms with Crippen LogP contribution in [-0.2, 0) is 11.3 Å². The summed E-state index contributed by atoms with van der Waals surface area (Å²) in [7, 11) is 3.37. The van der Waals surface area contributed by atoms with Crippen LogP contribution in [0.2, 0.25) is 0 Å². The second-order valence-corrected chi connectivity index (χ2v) is 5.29. The van der Waals surface area contributed by atoms with Crippen LogP contribution < -0.4 is 14.8 Å². The summed E-state index contributed by atoms with van der Waals surface area (Å²) in [5.74, 6) is 1.50. The Morgan fingerprint density at radius 1 is 1.29 bits per heavy atom. The highest BCUT2D eigenvalue weighted by Crippen LogP contribution is 2.28. The summed E-state index contributed by atoms with van der Waals surface area (Å²) < 4.78 is 16.1. The van der Waals surface area contributed by atoms with Crippen LogP contribution in [0.1, 0.15) is 25.8 Å². The predicted octanol–water partition coefficient (Wildman–Crippen LogP) is 3.16. The fourth-order valence-electron chi connectivity index (χ4n) is 1.83. The molecule has 0 radical (unpaired) electrons. The lowest BCUT2D eigenvalue weighted by Crippen LogP contribution is -2.26. The smallest absolute Gasteiger partial charge is 0.161 e. The van der Waals surface area contributed by atoms with Crippen LogP contribution >= 0.6 is 0 Å². The fourth-order valence-corrected chi connectivity index (χ4v) is 1.83. The van der Waals surface area contributed by atoms with Crippen molar-refractivity contribution < 1.29 is 14.2 Å². The van der Waals surface area contributed by atoms with E-state index >= 15 is 0 Å². The molecule has 0 bridgehead atoms. The predicted molar refractivity (Wildman–Crippen MR) is 86.1 cm³/mol. The van der Waals surface area contributed by atoms with E-state index in [4.69, 9.17) is 14.2 Å². The van der Waals surface area contributed by atoms with Gasteiger partial charge in [-0.05, 0) is 43.5 Å². The van der Waals surface area contributed by atoms with Gasteiger partial charge in [-0.3, -0.25) is 0 Å². The van der Waals surface area contributed by atoms with Gasteiger partial charge in [0.2, 0.25) is 0 Å². The molecule has 1 atom stereocenters. The van der Waals surface area contributed by atoms with Gasteiger partial charge in [0, 0.05) is 26.3 Å². The third-order valence-electron chi connectivity index (χ3n) is 3.11. The van der Waals surface area contributed by atoms with Crippen LogP contribution in [0.3, 0.4) is 0 Å². The molecule has 118 valence electrons. The highest BCUT2D eigenvalue weighted by atomic mass is 16.5. The Morgan fingerprint density at radius 2 is 2.05 bits per heavy atom. The van der Waals surface area contributed by atoms with E-state index in [0.29, 0.717) is 12.6 Å². The van der Waals surface area contributed by atoms with Gasteiger partial charge >= 0.3 is 0 Å². The van der Waals surface area contributed by atoms with E-state index < -0.39 is 0 Å². The summed E-state index contributed by atoms with van der Waals surface area (Å²) in [6.45, 7) is 9.99. The topological polar surface area (TPSA) is 39.7 Å². The monoisotopic (exact) mass is 293 g/mol. The molecule has 0 aliphatic heterocycles. The lowest BCUT2D eigenvalue weighted by molar-refractivity contribution is 0.184. The molecule has 0 saturated carbocycles. The third-order valence-corrected chi connectivity index (χ3v) is 3.11. The van der Waals surface area contributed by atoms with Crippen LogP contribution in [-0.4, -0.2) is 33.5 Å². The number of nitrogens with one attached hydrogen (secondary N) is 1. The van der Waals surface area contributed by atoms with Gasteiger partial charge in [-0.1, -0.05) is 12.6 Å². The zero-order valence-electron chi connectivity index (χ0n) is 13.6. The summed E-state index contributed by atoms with van der Waals surface area (Å²) in [6, 6.07) is 6.40. The molecule has 21 heavy (non-hydrogen) atoms. The van der Waals surface area contributed by atoms with E-state index in [9.17, 15) is 0 Å². The van der Waals surface area contributed by atoms with Crippen molar-refractivity contribution in [2.24, 2.45) is 0 Å². The third kappa shape index (κ3) is 6.65. The minimum absolute atomic E-state index is 0.409. The van der Waals surface area contributed by atoms with E-state index in [1.54, 1.807) is 14.2 Å². The van der Waals surface area contributed by atoms with Gasteiger partial charge in [0.1, 0.15) is 6.61 Å². The molecule has 1 rings (SSSR count). The van der Waals surface area contributed by atoms with Gasteiger partial charge in [0.15, 0.2) is 11.5 Å². The highest BCUT2D eigenvalue weighted by Gasteiger charge is 2.07. The maximum atomic E-state index is 5.73. The SMILES string of the molecule is C=C(C)COc1cc(CNC(C)CCOC)ccc1OC. The Kier molecular flexibility index (Phi) is 7.87. The largest absolute Gasteiger partial charge is 0.493 e. The quantitative estimate of drug-likeness (QED) is 0.673. The summed E-state index contributed by atoms with van der Waals surface area (Å²) in [6.07, 6.45) is 0.992. The number of methoxy groups -OCH3 is 2. The normalized spacial score (nSPS) is 12.0. The first kappa shape index (κ1) is 17.5. The summed E-state index contributed by atoms with van der Waals surface area (Å²) in [4.78, 5) is 0. The summed E-state index contributed by atoms with van der Waals surface area (Å²) in [5.41, 5.74) is 2.14. The average Bonchev–Trinajstić information content (AvgIpc) is 2.48. The zero-order valence-corrected chi connectivity index (χ0v) is 13.6. The molecule has 1 aromatic carbocycles. The molecule has 1 N–H and O–H groups in total. The van der Waals surface area contributed by atoms with Gasteiger partial charge in [-0.15, -0.1) is 0 Å². The first-order valence-electron chi connectivity index (χ1n) is 7.23. The second-order valence-electron chi connectivity index (χ2n) is 5.29. The van der Waals surface area contributed by atoms with E-state index in [1.165, 1.54) is 0 Å². The molecule has 0 spiro atoms. The number of hydrogen-bond acceptors (Lipinski definition) is 4. The van der Waals surface area contributed by atoms with Gasteiger partial charge < -0.3 is 19.5 Å². The van der Waals surface area contributed by atoms with Gasteiger partial charge in [-0.2, -0.15) is 0 Å². The molecule has 1 aromatic rings. The van der Waals surface area contributed by atoms with Crippen molar-refractivity contribution >= 4 is 0 Å². The molecule has 0 aromatic heterocycles. The minimum atomic E-state index is 0.409. The molecule has 4 nitrogen and oxygen atoms in total. The standard InChI is InChI=1S/C17H27NO3/c1-13(2)12-21-17-10-15(6-7-16(17)20-5)11-18-14(3)8-9-19-4/h6-7,10,14,18H,1,8-9,11-12H2,2-5H3. The first-order chi connectivity index (χ1) is 10.1. The number of rotatable bonds is 10. The number of ether oxygens (including phenoxy) is 3. The van der Waals surface area contributed by atoms with E-state index in [-0.39, 0.29) is 0 Å². The van der Waals surface area contributed by atoms with Crippen molar-refractivity contribution in [1.82, 2.24) is 5.32 Å².